The van der Waals surface area contributed by atoms with E-state index in [0.717, 1.165) is 6.07 Å². The van der Waals surface area contributed by atoms with Crippen LogP contribution in [0.1, 0.15) is 30.6 Å². The van der Waals surface area contributed by atoms with Crippen molar-refractivity contribution in [3.8, 4) is 0 Å². The van der Waals surface area contributed by atoms with E-state index in [4.69, 9.17) is 11.6 Å². The van der Waals surface area contributed by atoms with Crippen LogP contribution in [0.5, 0.6) is 0 Å². The van der Waals surface area contributed by atoms with Crippen LogP contribution in [0, 0.1) is 10.1 Å². The van der Waals surface area contributed by atoms with Crippen LogP contribution in [-0.2, 0) is 0 Å². The molecule has 0 fully saturated rings. The number of nitro groups is 1. The third-order valence-electron chi connectivity index (χ3n) is 2.48. The zero-order chi connectivity index (χ0) is 14.6. The van der Waals surface area contributed by atoms with Crippen molar-refractivity contribution >= 4 is 23.2 Å². The summed E-state index contributed by atoms with van der Waals surface area (Å²) in [5.41, 5.74) is -0.147. The Hall–Kier alpha value is -1.66. The number of nitrogens with zero attached hydrogens (tertiary/aromatic N) is 1. The van der Waals surface area contributed by atoms with Crippen molar-refractivity contribution in [1.29, 1.82) is 0 Å². The SMILES string of the molecule is CC(O)CC(C)NC(=O)c1ccc(Cl)c([N+](=O)[O-])c1. The summed E-state index contributed by atoms with van der Waals surface area (Å²) >= 11 is 5.66. The molecule has 104 valence electrons. The Morgan fingerprint density at radius 2 is 2.16 bits per heavy atom. The highest BCUT2D eigenvalue weighted by Crippen LogP contribution is 2.25. The van der Waals surface area contributed by atoms with Gasteiger partial charge in [0, 0.05) is 17.7 Å². The molecule has 0 aliphatic heterocycles. The molecule has 0 saturated carbocycles. The van der Waals surface area contributed by atoms with Crippen molar-refractivity contribution in [3.05, 3.63) is 38.9 Å². The maximum atomic E-state index is 11.9. The van der Waals surface area contributed by atoms with Crippen LogP contribution in [0.2, 0.25) is 5.02 Å². The zero-order valence-electron chi connectivity index (χ0n) is 10.6. The minimum absolute atomic E-state index is 0.0152. The number of nitro benzene ring substituents is 1. The smallest absolute Gasteiger partial charge is 0.288 e. The van der Waals surface area contributed by atoms with Crippen molar-refractivity contribution in [2.45, 2.75) is 32.4 Å². The average Bonchev–Trinajstić information content (AvgIpc) is 2.27. The standard InChI is InChI=1S/C12H15ClN2O4/c1-7(5-8(2)16)14-12(17)9-3-4-10(13)11(6-9)15(18)19/h3-4,6-8,16H,5H2,1-2H3,(H,14,17). The van der Waals surface area contributed by atoms with Gasteiger partial charge in [-0.1, -0.05) is 11.6 Å². The van der Waals surface area contributed by atoms with Crippen LogP contribution in [0.3, 0.4) is 0 Å². The molecule has 0 radical (unpaired) electrons. The predicted octanol–water partition coefficient (Wildman–Crippen LogP) is 2.14. The van der Waals surface area contributed by atoms with Gasteiger partial charge >= 0.3 is 0 Å². The van der Waals surface area contributed by atoms with Gasteiger partial charge in [0.15, 0.2) is 0 Å². The maximum absolute atomic E-state index is 11.9. The third-order valence-corrected chi connectivity index (χ3v) is 2.80. The van der Waals surface area contributed by atoms with E-state index < -0.39 is 16.9 Å². The first kappa shape index (κ1) is 15.4. The lowest BCUT2D eigenvalue weighted by molar-refractivity contribution is -0.384. The first-order valence-corrected chi connectivity index (χ1v) is 6.12. The molecular formula is C12H15ClN2O4. The lowest BCUT2D eigenvalue weighted by Crippen LogP contribution is -2.34. The summed E-state index contributed by atoms with van der Waals surface area (Å²) in [5.74, 6) is -0.437. The Bertz CT molecular complexity index is 491. The second-order valence-corrected chi connectivity index (χ2v) is 4.79. The van der Waals surface area contributed by atoms with E-state index in [9.17, 15) is 20.0 Å². The Morgan fingerprint density at radius 1 is 1.53 bits per heavy atom. The van der Waals surface area contributed by atoms with E-state index >= 15 is 0 Å². The first-order valence-electron chi connectivity index (χ1n) is 5.74. The van der Waals surface area contributed by atoms with E-state index in [1.807, 2.05) is 0 Å². The van der Waals surface area contributed by atoms with Crippen LogP contribution in [0.25, 0.3) is 0 Å². The molecule has 7 heteroatoms. The Kier molecular flexibility index (Phi) is 5.26. The number of rotatable bonds is 5. The van der Waals surface area contributed by atoms with E-state index in [1.165, 1.54) is 12.1 Å². The average molecular weight is 287 g/mol. The van der Waals surface area contributed by atoms with Gasteiger partial charge in [0.25, 0.3) is 11.6 Å². The molecule has 2 unspecified atom stereocenters. The fourth-order valence-electron chi connectivity index (χ4n) is 1.67. The van der Waals surface area contributed by atoms with Gasteiger partial charge in [-0.25, -0.2) is 0 Å². The van der Waals surface area contributed by atoms with Gasteiger partial charge in [0.2, 0.25) is 0 Å². The summed E-state index contributed by atoms with van der Waals surface area (Å²) in [6, 6.07) is 3.63. The van der Waals surface area contributed by atoms with E-state index in [1.54, 1.807) is 13.8 Å². The number of hydrogen-bond donors (Lipinski definition) is 2. The van der Waals surface area contributed by atoms with Crippen molar-refractivity contribution < 1.29 is 14.8 Å². The maximum Gasteiger partial charge on any atom is 0.288 e. The second-order valence-electron chi connectivity index (χ2n) is 4.38. The quantitative estimate of drug-likeness (QED) is 0.640. The van der Waals surface area contributed by atoms with Gasteiger partial charge in [0.1, 0.15) is 5.02 Å². The minimum atomic E-state index is -0.641. The summed E-state index contributed by atoms with van der Waals surface area (Å²) < 4.78 is 0. The number of carbonyl (C=O) groups is 1. The number of halogens is 1. The molecule has 0 heterocycles. The van der Waals surface area contributed by atoms with Gasteiger partial charge in [-0.05, 0) is 32.4 Å². The van der Waals surface area contributed by atoms with E-state index in [0.29, 0.717) is 6.42 Å². The van der Waals surface area contributed by atoms with Crippen molar-refractivity contribution in [1.82, 2.24) is 5.32 Å². The molecule has 2 atom stereocenters. The molecule has 1 rings (SSSR count). The van der Waals surface area contributed by atoms with E-state index in [2.05, 4.69) is 5.32 Å². The lowest BCUT2D eigenvalue weighted by Gasteiger charge is -2.15. The summed E-state index contributed by atoms with van der Waals surface area (Å²) in [5, 5.41) is 22.6. The summed E-state index contributed by atoms with van der Waals surface area (Å²) in [7, 11) is 0. The largest absolute Gasteiger partial charge is 0.393 e. The Balaban J connectivity index is 2.83. The van der Waals surface area contributed by atoms with Gasteiger partial charge < -0.3 is 10.4 Å². The molecule has 0 aliphatic rings. The Morgan fingerprint density at radius 3 is 2.68 bits per heavy atom. The molecule has 0 aromatic heterocycles. The molecule has 0 saturated heterocycles. The first-order chi connectivity index (χ1) is 8.81. The van der Waals surface area contributed by atoms with Crippen molar-refractivity contribution in [2.24, 2.45) is 0 Å². The number of aliphatic hydroxyl groups excluding tert-OH is 1. The molecule has 1 aromatic rings. The third kappa shape index (κ3) is 4.50. The van der Waals surface area contributed by atoms with Crippen molar-refractivity contribution in [2.75, 3.05) is 0 Å². The minimum Gasteiger partial charge on any atom is -0.393 e. The van der Waals surface area contributed by atoms with Crippen molar-refractivity contribution in [3.63, 3.8) is 0 Å². The number of hydrogen-bond acceptors (Lipinski definition) is 4. The molecule has 0 spiro atoms. The summed E-state index contributed by atoms with van der Waals surface area (Å²) in [6.07, 6.45) is -0.128. The fraction of sp³-hybridized carbons (Fsp3) is 0.417. The molecule has 6 nitrogen and oxygen atoms in total. The highest BCUT2D eigenvalue weighted by Gasteiger charge is 2.17. The summed E-state index contributed by atoms with van der Waals surface area (Å²) in [4.78, 5) is 21.9. The molecule has 2 N–H and O–H groups in total. The highest BCUT2D eigenvalue weighted by molar-refractivity contribution is 6.32. The van der Waals surface area contributed by atoms with Gasteiger partial charge in [0.05, 0.1) is 11.0 Å². The number of benzene rings is 1. The number of amides is 1. The molecular weight excluding hydrogens is 272 g/mol. The zero-order valence-corrected chi connectivity index (χ0v) is 11.3. The molecule has 1 amide bonds. The fourth-order valence-corrected chi connectivity index (χ4v) is 1.86. The Labute approximate surface area is 115 Å². The van der Waals surface area contributed by atoms with Gasteiger partial charge in [-0.3, -0.25) is 14.9 Å². The van der Waals surface area contributed by atoms with Crippen LogP contribution in [0.4, 0.5) is 5.69 Å². The monoisotopic (exact) mass is 286 g/mol. The normalized spacial score (nSPS) is 13.7. The molecule has 0 bridgehead atoms. The van der Waals surface area contributed by atoms with Crippen LogP contribution in [0.15, 0.2) is 18.2 Å². The van der Waals surface area contributed by atoms with Crippen LogP contribution in [-0.4, -0.2) is 28.1 Å². The second kappa shape index (κ2) is 6.49. The van der Waals surface area contributed by atoms with Gasteiger partial charge in [-0.15, -0.1) is 0 Å². The number of carbonyl (C=O) groups excluding carboxylic acids is 1. The highest BCUT2D eigenvalue weighted by atomic mass is 35.5. The van der Waals surface area contributed by atoms with Crippen LogP contribution < -0.4 is 5.32 Å². The van der Waals surface area contributed by atoms with E-state index in [-0.39, 0.29) is 22.3 Å². The van der Waals surface area contributed by atoms with Gasteiger partial charge in [-0.2, -0.15) is 0 Å². The lowest BCUT2D eigenvalue weighted by atomic mass is 10.1. The topological polar surface area (TPSA) is 92.5 Å². The molecule has 0 aliphatic carbocycles. The number of aliphatic hydroxyl groups is 1. The molecule has 1 aromatic carbocycles. The number of nitrogens with one attached hydrogen (secondary N) is 1. The molecule has 19 heavy (non-hydrogen) atoms. The summed E-state index contributed by atoms with van der Waals surface area (Å²) in [6.45, 7) is 3.37. The van der Waals surface area contributed by atoms with Crippen LogP contribution >= 0.6 is 11.6 Å². The predicted molar refractivity (Wildman–Crippen MR) is 71.3 cm³/mol.